The van der Waals surface area contributed by atoms with E-state index in [1.807, 2.05) is 71.0 Å². The van der Waals surface area contributed by atoms with Gasteiger partial charge in [-0.3, -0.25) is 4.79 Å². The molecule has 7 nitrogen and oxygen atoms in total. The fourth-order valence-corrected chi connectivity index (χ4v) is 6.59. The molecule has 7 heteroatoms. The second-order valence-corrected chi connectivity index (χ2v) is 13.4. The van der Waals surface area contributed by atoms with Crippen molar-refractivity contribution in [3.8, 4) is 17.0 Å². The van der Waals surface area contributed by atoms with Crippen molar-refractivity contribution in [2.45, 2.75) is 91.7 Å². The van der Waals surface area contributed by atoms with Gasteiger partial charge in [-0.15, -0.1) is 0 Å². The summed E-state index contributed by atoms with van der Waals surface area (Å²) >= 11 is 0. The number of carbonyl (C=O) groups excluding carboxylic acids is 3. The molecule has 0 N–H and O–H groups in total. The molecule has 0 atom stereocenters. The maximum atomic E-state index is 14.3. The molecule has 45 heavy (non-hydrogen) atoms. The number of hydrogen-bond donors (Lipinski definition) is 0. The van der Waals surface area contributed by atoms with Crippen LogP contribution in [0.3, 0.4) is 0 Å². The predicted molar refractivity (Wildman–Crippen MR) is 177 cm³/mol. The Morgan fingerprint density at radius 3 is 2.40 bits per heavy atom. The third kappa shape index (κ3) is 6.77. The number of carbonyl (C=O) groups is 3. The standard InChI is InChI=1S/C38H45NO6/c1-8-44-37(42)31(18-23(2)3)35(40)27-19-26-20-28(43-7)15-17-29(26)34-33(24-12-10-9-11-13-24)30-16-14-25(21-32(30)39(34)22-27)36(41)45-38(4,5)6/h14-21,23-24H,8-13,22H2,1-7H3/b31-18-. The van der Waals surface area contributed by atoms with Gasteiger partial charge in [-0.1, -0.05) is 45.3 Å². The van der Waals surface area contributed by atoms with Gasteiger partial charge < -0.3 is 18.8 Å². The summed E-state index contributed by atoms with van der Waals surface area (Å²) in [6.45, 7) is 11.6. The molecule has 1 saturated carbocycles. The van der Waals surface area contributed by atoms with E-state index in [1.165, 1.54) is 12.0 Å². The molecule has 2 heterocycles. The predicted octanol–water partition coefficient (Wildman–Crippen LogP) is 8.43. The van der Waals surface area contributed by atoms with E-state index < -0.39 is 17.5 Å². The lowest BCUT2D eigenvalue weighted by Gasteiger charge is -2.24. The highest BCUT2D eigenvalue weighted by Crippen LogP contribution is 2.47. The van der Waals surface area contributed by atoms with Crippen LogP contribution in [-0.4, -0.2) is 41.6 Å². The molecule has 1 aliphatic carbocycles. The summed E-state index contributed by atoms with van der Waals surface area (Å²) in [5, 5.41) is 1.07. The first-order valence-corrected chi connectivity index (χ1v) is 16.1. The van der Waals surface area contributed by atoms with Crippen LogP contribution >= 0.6 is 0 Å². The highest BCUT2D eigenvalue weighted by Gasteiger charge is 2.32. The smallest absolute Gasteiger partial charge is 0.341 e. The Labute approximate surface area is 266 Å². The van der Waals surface area contributed by atoms with Gasteiger partial charge in [-0.2, -0.15) is 0 Å². The quantitative estimate of drug-likeness (QED) is 0.110. The van der Waals surface area contributed by atoms with E-state index >= 15 is 0 Å². The Hall–Kier alpha value is -4.13. The van der Waals surface area contributed by atoms with Gasteiger partial charge in [0.15, 0.2) is 5.78 Å². The van der Waals surface area contributed by atoms with Gasteiger partial charge in [0.2, 0.25) is 0 Å². The zero-order chi connectivity index (χ0) is 32.5. The Kier molecular flexibility index (Phi) is 9.38. The van der Waals surface area contributed by atoms with Crippen LogP contribution in [0.1, 0.15) is 101 Å². The average Bonchev–Trinajstić information content (AvgIpc) is 3.21. The first-order chi connectivity index (χ1) is 21.4. The molecule has 2 aliphatic rings. The first kappa shape index (κ1) is 32.3. The van der Waals surface area contributed by atoms with Crippen molar-refractivity contribution in [3.05, 3.63) is 70.3 Å². The minimum atomic E-state index is -0.637. The van der Waals surface area contributed by atoms with Crippen LogP contribution in [0.4, 0.5) is 0 Å². The number of allylic oxidation sites excluding steroid dienone is 2. The Bertz CT molecular complexity index is 1690. The molecule has 0 radical (unpaired) electrons. The molecular weight excluding hydrogens is 566 g/mol. The molecule has 1 fully saturated rings. The molecule has 0 spiro atoms. The minimum Gasteiger partial charge on any atom is -0.497 e. The molecule has 0 bridgehead atoms. The molecule has 3 aromatic rings. The van der Waals surface area contributed by atoms with E-state index in [0.717, 1.165) is 53.4 Å². The number of methoxy groups -OCH3 is 1. The van der Waals surface area contributed by atoms with E-state index in [0.29, 0.717) is 22.8 Å². The van der Waals surface area contributed by atoms with E-state index in [9.17, 15) is 14.4 Å². The summed E-state index contributed by atoms with van der Waals surface area (Å²) in [7, 11) is 1.63. The number of aromatic nitrogens is 1. The highest BCUT2D eigenvalue weighted by molar-refractivity contribution is 6.25. The normalized spacial score (nSPS) is 15.6. The Morgan fingerprint density at radius 1 is 1.02 bits per heavy atom. The minimum absolute atomic E-state index is 0.0319. The third-order valence-corrected chi connectivity index (χ3v) is 8.46. The Morgan fingerprint density at radius 2 is 1.76 bits per heavy atom. The number of fused-ring (bicyclic) bond motifs is 5. The van der Waals surface area contributed by atoms with Crippen molar-refractivity contribution in [2.24, 2.45) is 5.92 Å². The number of Topliss-reactive ketones (excluding diaryl/α,β-unsaturated/α-hetero) is 1. The molecule has 0 amide bonds. The topological polar surface area (TPSA) is 83.8 Å². The fourth-order valence-electron chi connectivity index (χ4n) is 6.59. The summed E-state index contributed by atoms with van der Waals surface area (Å²) in [6.07, 6.45) is 9.26. The lowest BCUT2D eigenvalue weighted by atomic mass is 9.81. The first-order valence-electron chi connectivity index (χ1n) is 16.1. The van der Waals surface area contributed by atoms with Crippen LogP contribution in [0, 0.1) is 5.92 Å². The van der Waals surface area contributed by atoms with Crippen molar-refractivity contribution >= 4 is 34.7 Å². The van der Waals surface area contributed by atoms with Crippen molar-refractivity contribution in [1.29, 1.82) is 0 Å². The molecule has 5 rings (SSSR count). The summed E-state index contributed by atoms with van der Waals surface area (Å²) in [6, 6.07) is 11.7. The van der Waals surface area contributed by atoms with Crippen molar-refractivity contribution < 1.29 is 28.6 Å². The van der Waals surface area contributed by atoms with Crippen molar-refractivity contribution in [3.63, 3.8) is 0 Å². The zero-order valence-corrected chi connectivity index (χ0v) is 27.6. The zero-order valence-electron chi connectivity index (χ0n) is 27.6. The molecule has 0 unspecified atom stereocenters. The SMILES string of the molecule is CCOC(=O)/C(=C\C(C)C)C(=O)C1=Cc2cc(OC)ccc2-c2c(C3CCCCC3)c3ccc(C(=O)OC(C)(C)C)cc3n2C1. The number of nitrogens with zero attached hydrogens (tertiary/aromatic N) is 1. The van der Waals surface area contributed by atoms with Gasteiger partial charge >= 0.3 is 11.9 Å². The van der Waals surface area contributed by atoms with Crippen LogP contribution in [-0.2, 0) is 25.6 Å². The summed E-state index contributed by atoms with van der Waals surface area (Å²) < 4.78 is 18.8. The number of ether oxygens (including phenoxy) is 3. The second kappa shape index (κ2) is 13.1. The van der Waals surface area contributed by atoms with Crippen LogP contribution < -0.4 is 4.74 Å². The molecule has 2 aromatic carbocycles. The molecule has 238 valence electrons. The number of ketones is 1. The van der Waals surface area contributed by atoms with Crippen molar-refractivity contribution in [2.75, 3.05) is 13.7 Å². The summed E-state index contributed by atoms with van der Waals surface area (Å²) in [5.41, 5.74) is 5.29. The maximum Gasteiger partial charge on any atom is 0.341 e. The van der Waals surface area contributed by atoms with Crippen molar-refractivity contribution in [1.82, 2.24) is 4.57 Å². The van der Waals surface area contributed by atoms with Crippen LogP contribution in [0.15, 0.2) is 53.6 Å². The number of esters is 2. The van der Waals surface area contributed by atoms with Crippen LogP contribution in [0.5, 0.6) is 5.75 Å². The molecular formula is C38H45NO6. The Balaban J connectivity index is 1.78. The van der Waals surface area contributed by atoms with Crippen LogP contribution in [0.25, 0.3) is 28.2 Å². The van der Waals surface area contributed by atoms with Gasteiger partial charge in [0.1, 0.15) is 16.9 Å². The lowest BCUT2D eigenvalue weighted by molar-refractivity contribution is -0.139. The summed E-state index contributed by atoms with van der Waals surface area (Å²) in [5.74, 6) is -0.407. The maximum absolute atomic E-state index is 14.3. The number of hydrogen-bond acceptors (Lipinski definition) is 6. The van der Waals surface area contributed by atoms with E-state index in [1.54, 1.807) is 20.1 Å². The van der Waals surface area contributed by atoms with E-state index in [4.69, 9.17) is 14.2 Å². The van der Waals surface area contributed by atoms with Gasteiger partial charge in [0.25, 0.3) is 0 Å². The van der Waals surface area contributed by atoms with Crippen LogP contribution in [0.2, 0.25) is 0 Å². The molecule has 1 aliphatic heterocycles. The van der Waals surface area contributed by atoms with E-state index in [-0.39, 0.29) is 30.4 Å². The van der Waals surface area contributed by atoms with E-state index in [2.05, 4.69) is 10.6 Å². The fraction of sp³-hybridized carbons (Fsp3) is 0.447. The highest BCUT2D eigenvalue weighted by atomic mass is 16.6. The summed E-state index contributed by atoms with van der Waals surface area (Å²) in [4.78, 5) is 40.6. The van der Waals surface area contributed by atoms with Gasteiger partial charge in [0, 0.05) is 22.0 Å². The number of benzene rings is 2. The molecule has 1 aromatic heterocycles. The van der Waals surface area contributed by atoms with Gasteiger partial charge in [0.05, 0.1) is 31.5 Å². The second-order valence-electron chi connectivity index (χ2n) is 13.4. The van der Waals surface area contributed by atoms with Gasteiger partial charge in [-0.05, 0) is 99.9 Å². The third-order valence-electron chi connectivity index (χ3n) is 8.46. The number of rotatable bonds is 8. The largest absolute Gasteiger partial charge is 0.497 e. The lowest BCUT2D eigenvalue weighted by Crippen LogP contribution is -2.23. The van der Waals surface area contributed by atoms with Gasteiger partial charge in [-0.25, -0.2) is 9.59 Å². The average molecular weight is 612 g/mol. The monoisotopic (exact) mass is 611 g/mol. The molecule has 0 saturated heterocycles.